The van der Waals surface area contributed by atoms with Gasteiger partial charge in [-0.25, -0.2) is 14.2 Å². The molecule has 0 bridgehead atoms. The summed E-state index contributed by atoms with van der Waals surface area (Å²) in [7, 11) is 0. The number of anilines is 2. The van der Waals surface area contributed by atoms with Crippen LogP contribution >= 0.6 is 0 Å². The number of pyridine rings is 1. The Hall–Kier alpha value is -4.02. The minimum Gasteiger partial charge on any atom is -0.444 e. The Labute approximate surface area is 239 Å². The molecule has 1 saturated carbocycles. The molecule has 41 heavy (non-hydrogen) atoms. The number of piperazine rings is 1. The number of nitrogens with one attached hydrogen (secondary N) is 2. The lowest BCUT2D eigenvalue weighted by molar-refractivity contribution is -0.151. The Bertz CT molecular complexity index is 1310. The Balaban J connectivity index is 1.50. The molecule has 11 heteroatoms. The molecule has 1 aromatic carbocycles. The highest BCUT2D eigenvalue weighted by Gasteiger charge is 2.40. The number of amides is 4. The number of aryl methyl sites for hydroxylation is 1. The van der Waals surface area contributed by atoms with Gasteiger partial charge >= 0.3 is 17.9 Å². The molecule has 1 aliphatic heterocycles. The van der Waals surface area contributed by atoms with E-state index in [1.54, 1.807) is 43.9 Å². The van der Waals surface area contributed by atoms with Crippen LogP contribution < -0.4 is 10.6 Å². The maximum atomic E-state index is 13.7. The largest absolute Gasteiger partial charge is 0.444 e. The topological polar surface area (TPSA) is 121 Å². The summed E-state index contributed by atoms with van der Waals surface area (Å²) in [5.41, 5.74) is 0.890. The molecule has 4 rings (SSSR count). The normalized spacial score (nSPS) is 19.0. The predicted molar refractivity (Wildman–Crippen MR) is 151 cm³/mol. The number of nitrogens with zero attached hydrogens (tertiary/aromatic N) is 3. The van der Waals surface area contributed by atoms with Gasteiger partial charge in [0.25, 0.3) is 0 Å². The van der Waals surface area contributed by atoms with E-state index in [1.807, 2.05) is 13.8 Å². The highest BCUT2D eigenvalue weighted by molar-refractivity contribution is 6.39. The quantitative estimate of drug-likeness (QED) is 0.490. The molecule has 1 aliphatic carbocycles. The average molecular weight is 568 g/mol. The fourth-order valence-electron chi connectivity index (χ4n) is 4.88. The minimum atomic E-state index is -0.862. The van der Waals surface area contributed by atoms with Crippen molar-refractivity contribution >= 4 is 35.3 Å². The predicted octanol–water partition coefficient (Wildman–Crippen LogP) is 4.67. The average Bonchev–Trinajstić information content (AvgIpc) is 3.72. The van der Waals surface area contributed by atoms with E-state index < -0.39 is 35.4 Å². The van der Waals surface area contributed by atoms with Crippen molar-refractivity contribution in [2.45, 2.75) is 78.0 Å². The summed E-state index contributed by atoms with van der Waals surface area (Å²) >= 11 is 0. The van der Waals surface area contributed by atoms with Gasteiger partial charge in [-0.3, -0.25) is 19.7 Å². The molecule has 0 spiro atoms. The van der Waals surface area contributed by atoms with Crippen LogP contribution in [0.25, 0.3) is 0 Å². The molecule has 0 radical (unpaired) electrons. The second-order valence-electron chi connectivity index (χ2n) is 11.7. The monoisotopic (exact) mass is 567 g/mol. The number of carbonyl (C=O) groups excluding carboxylic acids is 4. The summed E-state index contributed by atoms with van der Waals surface area (Å²) in [5.74, 6) is -1.31. The van der Waals surface area contributed by atoms with Crippen molar-refractivity contribution in [3.8, 4) is 0 Å². The van der Waals surface area contributed by atoms with E-state index in [1.165, 1.54) is 23.2 Å². The van der Waals surface area contributed by atoms with Crippen LogP contribution in [-0.2, 0) is 25.5 Å². The third-order valence-electron chi connectivity index (χ3n) is 7.15. The molecule has 2 atom stereocenters. The van der Waals surface area contributed by atoms with Gasteiger partial charge in [0.05, 0.1) is 17.9 Å². The van der Waals surface area contributed by atoms with E-state index in [2.05, 4.69) is 15.6 Å². The Kier molecular flexibility index (Phi) is 8.94. The third-order valence-corrected chi connectivity index (χ3v) is 7.15. The zero-order valence-corrected chi connectivity index (χ0v) is 24.2. The fourth-order valence-corrected chi connectivity index (χ4v) is 4.88. The molecule has 2 N–H and O–H groups in total. The van der Waals surface area contributed by atoms with Gasteiger partial charge in [-0.1, -0.05) is 19.1 Å². The smallest absolute Gasteiger partial charge is 0.413 e. The molecule has 10 nitrogen and oxygen atoms in total. The summed E-state index contributed by atoms with van der Waals surface area (Å²) in [4.78, 5) is 59.4. The number of aromatic nitrogens is 1. The van der Waals surface area contributed by atoms with Crippen LogP contribution in [0.15, 0.2) is 36.5 Å². The number of rotatable bonds is 6. The van der Waals surface area contributed by atoms with Crippen molar-refractivity contribution < 1.29 is 28.3 Å². The lowest BCUT2D eigenvalue weighted by Gasteiger charge is -2.45. The van der Waals surface area contributed by atoms with E-state index in [9.17, 15) is 23.6 Å². The molecule has 220 valence electrons. The standard InChI is InChI=1S/C30H38FN5O5/c1-6-20-14-23(15-32-26(20)34-29(40)41-30(3,4)5)33-27(38)28(39)36-16-18(2)35(25(37)13-19-7-8-19)17-24(36)21-9-11-22(31)12-10-21/h9-12,14-15,18-19,24H,6-8,13,16-17H2,1-5H3,(H,33,38)(H,32,34,40)/t18-,24-/m0/s1. The van der Waals surface area contributed by atoms with E-state index in [0.717, 1.165) is 12.8 Å². The second kappa shape index (κ2) is 12.2. The Morgan fingerprint density at radius 2 is 1.73 bits per heavy atom. The van der Waals surface area contributed by atoms with Crippen LogP contribution in [0, 0.1) is 11.7 Å². The molecule has 4 amide bonds. The number of benzene rings is 1. The number of carbonyl (C=O) groups is 4. The van der Waals surface area contributed by atoms with Crippen LogP contribution in [0.1, 0.15) is 71.0 Å². The molecule has 2 aliphatic rings. The Morgan fingerprint density at radius 3 is 2.34 bits per heavy atom. The SMILES string of the molecule is CCc1cc(NC(=O)C(=O)N2C[C@H](C)N(C(=O)CC3CC3)C[C@H]2c2ccc(F)cc2)cnc1NC(=O)OC(C)(C)C. The molecule has 2 heterocycles. The molecule has 1 saturated heterocycles. The van der Waals surface area contributed by atoms with E-state index in [0.29, 0.717) is 41.4 Å². The summed E-state index contributed by atoms with van der Waals surface area (Å²) in [6.07, 6.45) is 3.77. The van der Waals surface area contributed by atoms with Crippen molar-refractivity contribution in [3.63, 3.8) is 0 Å². The second-order valence-corrected chi connectivity index (χ2v) is 11.7. The highest BCUT2D eigenvalue weighted by atomic mass is 19.1. The third kappa shape index (κ3) is 7.80. The first kappa shape index (κ1) is 30.0. The molecule has 0 unspecified atom stereocenters. The van der Waals surface area contributed by atoms with Crippen molar-refractivity contribution in [1.29, 1.82) is 0 Å². The maximum absolute atomic E-state index is 13.7. The van der Waals surface area contributed by atoms with Crippen molar-refractivity contribution in [2.24, 2.45) is 5.92 Å². The summed E-state index contributed by atoms with van der Waals surface area (Å²) in [5, 5.41) is 5.24. The van der Waals surface area contributed by atoms with Gasteiger partial charge in [-0.15, -0.1) is 0 Å². The molecule has 2 fully saturated rings. The minimum absolute atomic E-state index is 0.0295. The molecular formula is C30H38FN5O5. The zero-order chi connectivity index (χ0) is 29.9. The summed E-state index contributed by atoms with van der Waals surface area (Å²) < 4.78 is 19.0. The number of hydrogen-bond acceptors (Lipinski definition) is 6. The fraction of sp³-hybridized carbons (Fsp3) is 0.500. The zero-order valence-electron chi connectivity index (χ0n) is 24.2. The van der Waals surface area contributed by atoms with Crippen LogP contribution in [0.5, 0.6) is 0 Å². The van der Waals surface area contributed by atoms with Gasteiger partial charge in [0.2, 0.25) is 5.91 Å². The molecule has 1 aromatic heterocycles. The highest BCUT2D eigenvalue weighted by Crippen LogP contribution is 2.35. The van der Waals surface area contributed by atoms with Crippen LogP contribution in [0.3, 0.4) is 0 Å². The molecular weight excluding hydrogens is 529 g/mol. The van der Waals surface area contributed by atoms with Crippen LogP contribution in [0.2, 0.25) is 0 Å². The van der Waals surface area contributed by atoms with Gasteiger partial charge in [-0.2, -0.15) is 0 Å². The van der Waals surface area contributed by atoms with E-state index >= 15 is 0 Å². The first-order valence-corrected chi connectivity index (χ1v) is 14.0. The summed E-state index contributed by atoms with van der Waals surface area (Å²) in [6, 6.07) is 6.49. The van der Waals surface area contributed by atoms with Crippen molar-refractivity contribution in [2.75, 3.05) is 23.7 Å². The van der Waals surface area contributed by atoms with Crippen molar-refractivity contribution in [3.05, 3.63) is 53.5 Å². The Morgan fingerprint density at radius 1 is 1.05 bits per heavy atom. The van der Waals surface area contributed by atoms with Gasteiger partial charge in [0.1, 0.15) is 17.2 Å². The lowest BCUT2D eigenvalue weighted by Crippen LogP contribution is -2.58. The van der Waals surface area contributed by atoms with E-state index in [4.69, 9.17) is 4.74 Å². The summed E-state index contributed by atoms with van der Waals surface area (Å²) in [6.45, 7) is 9.35. The van der Waals surface area contributed by atoms with Crippen molar-refractivity contribution in [1.82, 2.24) is 14.8 Å². The van der Waals surface area contributed by atoms with Gasteiger partial charge < -0.3 is 19.9 Å². The van der Waals surface area contributed by atoms with Gasteiger partial charge in [0.15, 0.2) is 0 Å². The van der Waals surface area contributed by atoms with Gasteiger partial charge in [0, 0.05) is 25.6 Å². The number of hydrogen-bond donors (Lipinski definition) is 2. The van der Waals surface area contributed by atoms with Crippen LogP contribution in [-0.4, -0.2) is 63.3 Å². The van der Waals surface area contributed by atoms with Crippen LogP contribution in [0.4, 0.5) is 20.7 Å². The van der Waals surface area contributed by atoms with Gasteiger partial charge in [-0.05, 0) is 82.2 Å². The lowest BCUT2D eigenvalue weighted by atomic mass is 9.98. The number of halogens is 1. The first-order valence-electron chi connectivity index (χ1n) is 14.0. The van der Waals surface area contributed by atoms with E-state index in [-0.39, 0.29) is 25.0 Å². The molecule has 2 aromatic rings. The number of ether oxygens (including phenoxy) is 1. The first-order chi connectivity index (χ1) is 19.3. The maximum Gasteiger partial charge on any atom is 0.413 e.